The van der Waals surface area contributed by atoms with Crippen LogP contribution < -0.4 is 5.32 Å². The Bertz CT molecular complexity index is 819. The van der Waals surface area contributed by atoms with E-state index >= 15 is 0 Å². The van der Waals surface area contributed by atoms with Crippen molar-refractivity contribution in [3.8, 4) is 0 Å². The second-order valence-corrected chi connectivity index (χ2v) is 10.3. The Labute approximate surface area is 162 Å². The van der Waals surface area contributed by atoms with Crippen molar-refractivity contribution in [1.29, 1.82) is 0 Å². The molecule has 4 fully saturated rings. The van der Waals surface area contributed by atoms with Crippen molar-refractivity contribution in [2.24, 2.45) is 11.8 Å². The fourth-order valence-corrected chi connectivity index (χ4v) is 7.55. The molecule has 4 saturated carbocycles. The van der Waals surface area contributed by atoms with Crippen molar-refractivity contribution in [2.75, 3.05) is 5.32 Å². The van der Waals surface area contributed by atoms with E-state index in [2.05, 4.69) is 50.5 Å². The molecule has 1 aromatic carbocycles. The summed E-state index contributed by atoms with van der Waals surface area (Å²) in [6.07, 6.45) is 11.3. The Morgan fingerprint density at radius 3 is 2.42 bits per heavy atom. The zero-order valence-corrected chi connectivity index (χ0v) is 16.3. The van der Waals surface area contributed by atoms with Crippen LogP contribution in [0.25, 0.3) is 0 Å². The van der Waals surface area contributed by atoms with E-state index in [1.54, 1.807) is 24.5 Å². The van der Waals surface area contributed by atoms with Crippen LogP contribution in [-0.2, 0) is 5.41 Å². The molecule has 0 saturated heterocycles. The van der Waals surface area contributed by atoms with Gasteiger partial charge in [0, 0.05) is 22.4 Å². The number of nitrogens with one attached hydrogen (secondary N) is 1. The number of carbonyl (C=O) groups excluding carboxylic acids is 1. The molecule has 4 aliphatic carbocycles. The van der Waals surface area contributed by atoms with E-state index in [9.17, 15) is 4.79 Å². The number of halogens is 1. The average molecular weight is 411 g/mol. The molecule has 4 bridgehead atoms. The van der Waals surface area contributed by atoms with Crippen LogP contribution in [0.15, 0.2) is 48.8 Å². The number of rotatable bonds is 3. The Morgan fingerprint density at radius 2 is 1.81 bits per heavy atom. The summed E-state index contributed by atoms with van der Waals surface area (Å²) in [5.74, 6) is 1.64. The molecule has 0 radical (unpaired) electrons. The summed E-state index contributed by atoms with van der Waals surface area (Å²) in [4.78, 5) is 16.3. The van der Waals surface area contributed by atoms with Gasteiger partial charge in [-0.05, 0) is 85.6 Å². The highest BCUT2D eigenvalue weighted by molar-refractivity contribution is 9.10. The minimum absolute atomic E-state index is 0.111. The first-order valence-corrected chi connectivity index (χ1v) is 10.3. The van der Waals surface area contributed by atoms with Crippen molar-refractivity contribution >= 4 is 27.5 Å². The molecule has 1 aromatic heterocycles. The third-order valence-electron chi connectivity index (χ3n) is 6.67. The molecule has 3 nitrogen and oxygen atoms in total. The molecule has 2 aromatic rings. The van der Waals surface area contributed by atoms with Gasteiger partial charge in [0.15, 0.2) is 0 Å². The molecule has 0 aliphatic heterocycles. The number of hydrogen-bond acceptors (Lipinski definition) is 2. The maximum Gasteiger partial charge on any atom is 0.257 e. The SMILES string of the molecule is O=C(Nc1ccc(C23C[C@@H]4C[C@@H](CC(Br)(C4)C2)C3)cc1)c1cccnc1. The van der Waals surface area contributed by atoms with Gasteiger partial charge in [-0.1, -0.05) is 28.1 Å². The smallest absolute Gasteiger partial charge is 0.257 e. The number of amides is 1. The Kier molecular flexibility index (Phi) is 3.75. The number of nitrogens with zero attached hydrogens (tertiary/aromatic N) is 1. The minimum Gasteiger partial charge on any atom is -0.322 e. The molecule has 0 spiro atoms. The molecule has 26 heavy (non-hydrogen) atoms. The quantitative estimate of drug-likeness (QED) is 0.695. The van der Waals surface area contributed by atoms with Crippen LogP contribution in [0.5, 0.6) is 0 Å². The number of benzene rings is 1. The Balaban J connectivity index is 1.37. The van der Waals surface area contributed by atoms with Gasteiger partial charge >= 0.3 is 0 Å². The minimum atomic E-state index is -0.111. The predicted octanol–water partition coefficient (Wildman–Crippen LogP) is 5.32. The van der Waals surface area contributed by atoms with Gasteiger partial charge in [0.25, 0.3) is 5.91 Å². The number of carbonyl (C=O) groups is 1. The average Bonchev–Trinajstić information content (AvgIpc) is 2.61. The van der Waals surface area contributed by atoms with Crippen molar-refractivity contribution in [3.05, 3.63) is 59.9 Å². The molecule has 4 aliphatic rings. The van der Waals surface area contributed by atoms with E-state index in [1.165, 1.54) is 44.1 Å². The fraction of sp³-hybridized carbons (Fsp3) is 0.455. The molecular formula is C22H23BrN2O. The van der Waals surface area contributed by atoms with Crippen LogP contribution in [0.1, 0.15) is 54.4 Å². The van der Waals surface area contributed by atoms with Crippen LogP contribution in [0.4, 0.5) is 5.69 Å². The van der Waals surface area contributed by atoms with Crippen molar-refractivity contribution < 1.29 is 4.79 Å². The summed E-state index contributed by atoms with van der Waals surface area (Å²) in [5.41, 5.74) is 3.22. The highest BCUT2D eigenvalue weighted by atomic mass is 79.9. The van der Waals surface area contributed by atoms with Crippen LogP contribution >= 0.6 is 15.9 Å². The van der Waals surface area contributed by atoms with Gasteiger partial charge in [-0.15, -0.1) is 0 Å². The van der Waals surface area contributed by atoms with Crippen molar-refractivity contribution in [2.45, 2.75) is 48.3 Å². The van der Waals surface area contributed by atoms with Gasteiger partial charge in [-0.25, -0.2) is 0 Å². The summed E-state index contributed by atoms with van der Waals surface area (Å²) in [6, 6.07) is 12.2. The first-order valence-electron chi connectivity index (χ1n) is 9.55. The van der Waals surface area contributed by atoms with E-state index in [1.807, 2.05) is 0 Å². The Morgan fingerprint density at radius 1 is 1.08 bits per heavy atom. The zero-order chi connectivity index (χ0) is 17.8. The number of hydrogen-bond donors (Lipinski definition) is 1. The molecule has 4 atom stereocenters. The van der Waals surface area contributed by atoms with Crippen molar-refractivity contribution in [3.63, 3.8) is 0 Å². The lowest BCUT2D eigenvalue weighted by atomic mass is 9.48. The highest BCUT2D eigenvalue weighted by Crippen LogP contribution is 2.64. The number of aromatic nitrogens is 1. The predicted molar refractivity (Wildman–Crippen MR) is 107 cm³/mol. The standard InChI is InChI=1S/C22H23BrN2O/c23-22-11-15-8-16(12-22)10-21(9-15,14-22)18-3-5-19(6-4-18)25-20(26)17-2-1-7-24-13-17/h1-7,13,15-16H,8-12,14H2,(H,25,26)/t15-,16+,21?,22?. The van der Waals surface area contributed by atoms with Crippen LogP contribution in [0.3, 0.4) is 0 Å². The van der Waals surface area contributed by atoms with Gasteiger partial charge in [-0.2, -0.15) is 0 Å². The molecule has 4 heteroatoms. The van der Waals surface area contributed by atoms with Crippen molar-refractivity contribution in [1.82, 2.24) is 4.98 Å². The molecule has 6 rings (SSSR count). The Hall–Kier alpha value is -1.68. The highest BCUT2D eigenvalue weighted by Gasteiger charge is 2.57. The largest absolute Gasteiger partial charge is 0.322 e. The van der Waals surface area contributed by atoms with E-state index in [4.69, 9.17) is 0 Å². The van der Waals surface area contributed by atoms with Gasteiger partial charge in [0.1, 0.15) is 0 Å². The first kappa shape index (κ1) is 16.5. The maximum atomic E-state index is 12.3. The number of anilines is 1. The molecule has 134 valence electrons. The topological polar surface area (TPSA) is 42.0 Å². The van der Waals surface area contributed by atoms with E-state index in [-0.39, 0.29) is 5.91 Å². The summed E-state index contributed by atoms with van der Waals surface area (Å²) < 4.78 is 0.365. The van der Waals surface area contributed by atoms with Gasteiger partial charge < -0.3 is 5.32 Å². The van der Waals surface area contributed by atoms with Gasteiger partial charge in [0.05, 0.1) is 5.56 Å². The molecule has 1 amide bonds. The van der Waals surface area contributed by atoms with Crippen LogP contribution in [0.2, 0.25) is 0 Å². The monoisotopic (exact) mass is 410 g/mol. The molecule has 1 N–H and O–H groups in total. The number of pyridine rings is 1. The van der Waals surface area contributed by atoms with E-state index in [0.29, 0.717) is 15.3 Å². The third-order valence-corrected chi connectivity index (χ3v) is 7.60. The second-order valence-electron chi connectivity index (χ2n) is 8.67. The van der Waals surface area contributed by atoms with Gasteiger partial charge in [-0.3, -0.25) is 9.78 Å². The van der Waals surface area contributed by atoms with E-state index in [0.717, 1.165) is 17.5 Å². The fourth-order valence-electron chi connectivity index (χ4n) is 6.10. The first-order chi connectivity index (χ1) is 12.5. The summed E-state index contributed by atoms with van der Waals surface area (Å²) in [5, 5.41) is 2.98. The summed E-state index contributed by atoms with van der Waals surface area (Å²) >= 11 is 4.10. The zero-order valence-electron chi connectivity index (χ0n) is 14.7. The second kappa shape index (κ2) is 5.91. The number of alkyl halides is 1. The lowest BCUT2D eigenvalue weighted by Gasteiger charge is -2.60. The van der Waals surface area contributed by atoms with Crippen LogP contribution in [0, 0.1) is 11.8 Å². The maximum absolute atomic E-state index is 12.3. The molecule has 1 heterocycles. The lowest BCUT2D eigenvalue weighted by molar-refractivity contribution is 0.0149. The normalized spacial score (nSPS) is 34.7. The van der Waals surface area contributed by atoms with Gasteiger partial charge in [0.2, 0.25) is 0 Å². The third kappa shape index (κ3) is 2.79. The summed E-state index contributed by atoms with van der Waals surface area (Å²) in [6.45, 7) is 0. The summed E-state index contributed by atoms with van der Waals surface area (Å²) in [7, 11) is 0. The lowest BCUT2D eigenvalue weighted by Crippen LogP contribution is -2.54. The molecular weight excluding hydrogens is 388 g/mol. The molecule has 2 unspecified atom stereocenters. The van der Waals surface area contributed by atoms with Crippen LogP contribution in [-0.4, -0.2) is 15.2 Å². The van der Waals surface area contributed by atoms with E-state index < -0.39 is 0 Å².